The standard InChI is InChI=1S/C28H28N2O4S/c1-19-15-16-26(34-4)24(17-19)29-28(31)18-30(25-13-7-9-20(2)21(25)3)35(32,33)27-14-8-11-22-10-5-6-12-23(22)27/h5-17H,18H2,1-4H3,(H,29,31). The van der Waals surface area contributed by atoms with Gasteiger partial charge in [0.1, 0.15) is 12.3 Å². The van der Waals surface area contributed by atoms with Gasteiger partial charge in [-0.1, -0.05) is 54.6 Å². The number of rotatable bonds is 7. The smallest absolute Gasteiger partial charge is 0.265 e. The molecule has 0 saturated heterocycles. The molecule has 4 rings (SSSR count). The van der Waals surface area contributed by atoms with Crippen molar-refractivity contribution in [1.82, 2.24) is 0 Å². The van der Waals surface area contributed by atoms with E-state index in [9.17, 15) is 13.2 Å². The van der Waals surface area contributed by atoms with Crippen LogP contribution in [0.5, 0.6) is 5.75 Å². The Morgan fingerprint density at radius 1 is 0.914 bits per heavy atom. The molecule has 0 spiro atoms. The molecule has 0 aliphatic carbocycles. The summed E-state index contributed by atoms with van der Waals surface area (Å²) < 4.78 is 34.7. The van der Waals surface area contributed by atoms with E-state index in [4.69, 9.17) is 4.74 Å². The van der Waals surface area contributed by atoms with E-state index in [-0.39, 0.29) is 4.90 Å². The third-order valence-electron chi connectivity index (χ3n) is 6.08. The molecule has 6 nitrogen and oxygen atoms in total. The minimum absolute atomic E-state index is 0.150. The van der Waals surface area contributed by atoms with E-state index in [0.717, 1.165) is 22.1 Å². The predicted molar refractivity (Wildman–Crippen MR) is 141 cm³/mol. The zero-order chi connectivity index (χ0) is 25.2. The molecule has 0 bridgehead atoms. The summed E-state index contributed by atoms with van der Waals surface area (Å²) in [5.41, 5.74) is 3.61. The van der Waals surface area contributed by atoms with E-state index in [2.05, 4.69) is 5.32 Å². The maximum absolute atomic E-state index is 14.1. The molecule has 4 aromatic rings. The van der Waals surface area contributed by atoms with Gasteiger partial charge in [-0.2, -0.15) is 0 Å². The van der Waals surface area contributed by atoms with E-state index in [1.54, 1.807) is 48.5 Å². The fourth-order valence-corrected chi connectivity index (χ4v) is 5.78. The second-order valence-electron chi connectivity index (χ2n) is 8.46. The maximum atomic E-state index is 14.1. The van der Waals surface area contributed by atoms with Gasteiger partial charge >= 0.3 is 0 Å². The first-order valence-corrected chi connectivity index (χ1v) is 12.7. The van der Waals surface area contributed by atoms with Crippen LogP contribution in [0.1, 0.15) is 16.7 Å². The molecule has 0 aliphatic rings. The normalized spacial score (nSPS) is 11.3. The van der Waals surface area contributed by atoms with Crippen LogP contribution in [-0.2, 0) is 14.8 Å². The average Bonchev–Trinajstić information content (AvgIpc) is 2.84. The van der Waals surface area contributed by atoms with Crippen LogP contribution in [0, 0.1) is 20.8 Å². The summed E-state index contributed by atoms with van der Waals surface area (Å²) in [6.07, 6.45) is 0. The lowest BCUT2D eigenvalue weighted by Crippen LogP contribution is -2.38. The number of aryl methyl sites for hydroxylation is 2. The number of carbonyl (C=O) groups excluding carboxylic acids is 1. The highest BCUT2D eigenvalue weighted by Gasteiger charge is 2.30. The Balaban J connectivity index is 1.80. The van der Waals surface area contributed by atoms with Gasteiger partial charge in [0.25, 0.3) is 10.0 Å². The van der Waals surface area contributed by atoms with E-state index in [1.807, 2.05) is 51.1 Å². The van der Waals surface area contributed by atoms with Gasteiger partial charge in [-0.3, -0.25) is 9.10 Å². The van der Waals surface area contributed by atoms with Gasteiger partial charge in [0.15, 0.2) is 0 Å². The number of nitrogens with one attached hydrogen (secondary N) is 1. The predicted octanol–water partition coefficient (Wildman–Crippen LogP) is 5.61. The quantitative estimate of drug-likeness (QED) is 0.367. The van der Waals surface area contributed by atoms with Crippen LogP contribution < -0.4 is 14.4 Å². The lowest BCUT2D eigenvalue weighted by molar-refractivity contribution is -0.114. The minimum atomic E-state index is -4.09. The first-order chi connectivity index (χ1) is 16.7. The maximum Gasteiger partial charge on any atom is 0.265 e. The topological polar surface area (TPSA) is 75.7 Å². The molecule has 0 unspecified atom stereocenters. The van der Waals surface area contributed by atoms with Crippen molar-refractivity contribution in [3.8, 4) is 5.75 Å². The summed E-state index contributed by atoms with van der Waals surface area (Å²) in [5.74, 6) is 0.0257. The molecule has 35 heavy (non-hydrogen) atoms. The van der Waals surface area contributed by atoms with Crippen molar-refractivity contribution in [1.29, 1.82) is 0 Å². The number of anilines is 2. The Kier molecular flexibility index (Phi) is 6.80. The van der Waals surface area contributed by atoms with Crippen LogP contribution in [0.4, 0.5) is 11.4 Å². The molecule has 4 aromatic carbocycles. The molecular weight excluding hydrogens is 460 g/mol. The summed E-state index contributed by atoms with van der Waals surface area (Å²) in [5, 5.41) is 4.24. The van der Waals surface area contributed by atoms with Crippen LogP contribution in [0.15, 0.2) is 83.8 Å². The molecule has 7 heteroatoms. The highest BCUT2D eigenvalue weighted by molar-refractivity contribution is 7.93. The van der Waals surface area contributed by atoms with E-state index >= 15 is 0 Å². The van der Waals surface area contributed by atoms with Gasteiger partial charge in [0, 0.05) is 5.39 Å². The molecular formula is C28H28N2O4S. The number of hydrogen-bond acceptors (Lipinski definition) is 4. The van der Waals surface area contributed by atoms with Crippen molar-refractivity contribution in [2.75, 3.05) is 23.3 Å². The zero-order valence-electron chi connectivity index (χ0n) is 20.2. The molecule has 0 saturated carbocycles. The minimum Gasteiger partial charge on any atom is -0.495 e. The number of methoxy groups -OCH3 is 1. The highest BCUT2D eigenvalue weighted by atomic mass is 32.2. The number of fused-ring (bicyclic) bond motifs is 1. The molecule has 0 aliphatic heterocycles. The number of sulfonamides is 1. The number of benzene rings is 4. The van der Waals surface area contributed by atoms with Gasteiger partial charge in [-0.25, -0.2) is 8.42 Å². The fourth-order valence-electron chi connectivity index (χ4n) is 4.08. The number of nitrogens with zero attached hydrogens (tertiary/aromatic N) is 1. The molecule has 0 atom stereocenters. The molecule has 1 amide bonds. The second kappa shape index (κ2) is 9.80. The fraction of sp³-hybridized carbons (Fsp3) is 0.179. The lowest BCUT2D eigenvalue weighted by Gasteiger charge is -2.27. The Morgan fingerprint density at radius 2 is 1.63 bits per heavy atom. The van der Waals surface area contributed by atoms with Crippen LogP contribution in [0.2, 0.25) is 0 Å². The van der Waals surface area contributed by atoms with Crippen molar-refractivity contribution in [3.05, 3.63) is 95.6 Å². The third kappa shape index (κ3) is 4.86. The number of ether oxygens (including phenoxy) is 1. The zero-order valence-corrected chi connectivity index (χ0v) is 21.0. The van der Waals surface area contributed by atoms with E-state index in [0.29, 0.717) is 22.5 Å². The van der Waals surface area contributed by atoms with Crippen LogP contribution in [0.25, 0.3) is 10.8 Å². The largest absolute Gasteiger partial charge is 0.495 e. The molecule has 180 valence electrons. The van der Waals surface area contributed by atoms with Gasteiger partial charge in [0.2, 0.25) is 5.91 Å². The van der Waals surface area contributed by atoms with Crippen LogP contribution in [0.3, 0.4) is 0 Å². The molecule has 0 radical (unpaired) electrons. The third-order valence-corrected chi connectivity index (χ3v) is 7.90. The Hall–Kier alpha value is -3.84. The Labute approximate surface area is 206 Å². The lowest BCUT2D eigenvalue weighted by atomic mass is 10.1. The van der Waals surface area contributed by atoms with Gasteiger partial charge in [-0.15, -0.1) is 0 Å². The van der Waals surface area contributed by atoms with Crippen LogP contribution >= 0.6 is 0 Å². The monoisotopic (exact) mass is 488 g/mol. The van der Waals surface area contributed by atoms with Crippen LogP contribution in [-0.4, -0.2) is 28.0 Å². The second-order valence-corrected chi connectivity index (χ2v) is 10.3. The molecule has 0 fully saturated rings. The summed E-state index contributed by atoms with van der Waals surface area (Å²) in [6.45, 7) is 5.28. The van der Waals surface area contributed by atoms with Crippen molar-refractivity contribution in [2.24, 2.45) is 0 Å². The Bertz CT molecular complexity index is 1510. The van der Waals surface area contributed by atoms with Gasteiger partial charge < -0.3 is 10.1 Å². The number of amides is 1. The Morgan fingerprint density at radius 3 is 2.40 bits per heavy atom. The SMILES string of the molecule is COc1ccc(C)cc1NC(=O)CN(c1cccc(C)c1C)S(=O)(=O)c1cccc2ccccc12. The van der Waals surface area contributed by atoms with Gasteiger partial charge in [0.05, 0.1) is 23.4 Å². The highest BCUT2D eigenvalue weighted by Crippen LogP contribution is 2.32. The number of hydrogen-bond donors (Lipinski definition) is 1. The van der Waals surface area contributed by atoms with Crippen molar-refractivity contribution >= 4 is 38.1 Å². The van der Waals surface area contributed by atoms with Crippen molar-refractivity contribution < 1.29 is 17.9 Å². The molecule has 0 heterocycles. The summed E-state index contributed by atoms with van der Waals surface area (Å²) >= 11 is 0. The van der Waals surface area contributed by atoms with Crippen molar-refractivity contribution in [3.63, 3.8) is 0 Å². The van der Waals surface area contributed by atoms with Gasteiger partial charge in [-0.05, 0) is 67.1 Å². The summed E-state index contributed by atoms with van der Waals surface area (Å²) in [7, 11) is -2.57. The van der Waals surface area contributed by atoms with E-state index in [1.165, 1.54) is 11.4 Å². The molecule has 0 aromatic heterocycles. The summed E-state index contributed by atoms with van der Waals surface area (Å²) in [6, 6.07) is 23.4. The molecule has 1 N–H and O–H groups in total. The first-order valence-electron chi connectivity index (χ1n) is 11.2. The summed E-state index contributed by atoms with van der Waals surface area (Å²) in [4.78, 5) is 13.4. The average molecular weight is 489 g/mol. The first kappa shape index (κ1) is 24.3. The van der Waals surface area contributed by atoms with E-state index < -0.39 is 22.5 Å². The number of carbonyl (C=O) groups is 1. The van der Waals surface area contributed by atoms with Crippen molar-refractivity contribution in [2.45, 2.75) is 25.7 Å².